The average molecular weight is 294 g/mol. The topological polar surface area (TPSA) is 97.1 Å². The smallest absolute Gasteiger partial charge is 0.303 e. The molecule has 0 aliphatic rings. The zero-order valence-corrected chi connectivity index (χ0v) is 11.7. The zero-order chi connectivity index (χ0) is 14.5. The highest BCUT2D eigenvalue weighted by Gasteiger charge is 2.10. The third-order valence-corrected chi connectivity index (χ3v) is 3.37. The van der Waals surface area contributed by atoms with Crippen LogP contribution < -0.4 is 5.32 Å². The first-order valence-corrected chi connectivity index (χ1v) is 6.89. The van der Waals surface area contributed by atoms with Gasteiger partial charge >= 0.3 is 5.97 Å². The van der Waals surface area contributed by atoms with E-state index in [0.29, 0.717) is 23.5 Å². The fraction of sp³-hybridized carbons (Fsp3) is 0.333. The van der Waals surface area contributed by atoms with Gasteiger partial charge in [0.25, 0.3) is 5.91 Å². The molecule has 0 aromatic carbocycles. The number of carboxylic acids is 1. The summed E-state index contributed by atoms with van der Waals surface area (Å²) < 4.78 is 1.55. The van der Waals surface area contributed by atoms with Crippen LogP contribution in [0.1, 0.15) is 28.9 Å². The van der Waals surface area contributed by atoms with Crippen LogP contribution >= 0.6 is 11.3 Å². The lowest BCUT2D eigenvalue weighted by atomic mass is 10.2. The fourth-order valence-electron chi connectivity index (χ4n) is 1.61. The van der Waals surface area contributed by atoms with Gasteiger partial charge in [-0.15, -0.1) is 11.3 Å². The van der Waals surface area contributed by atoms with E-state index in [4.69, 9.17) is 5.11 Å². The first-order valence-electron chi connectivity index (χ1n) is 6.01. The Morgan fingerprint density at radius 2 is 2.30 bits per heavy atom. The number of nitrogens with one attached hydrogen (secondary N) is 1. The zero-order valence-electron chi connectivity index (χ0n) is 10.9. The van der Waals surface area contributed by atoms with Crippen molar-refractivity contribution in [2.75, 3.05) is 5.32 Å². The molecular weight excluding hydrogens is 280 g/mol. The summed E-state index contributed by atoms with van der Waals surface area (Å²) in [4.78, 5) is 26.5. The van der Waals surface area contributed by atoms with E-state index in [1.165, 1.54) is 17.5 Å². The van der Waals surface area contributed by atoms with Crippen LogP contribution in [0.5, 0.6) is 0 Å². The second-order valence-electron chi connectivity index (χ2n) is 4.25. The molecule has 8 heteroatoms. The summed E-state index contributed by atoms with van der Waals surface area (Å²) >= 11 is 1.32. The molecule has 0 spiro atoms. The molecule has 0 aliphatic carbocycles. The second kappa shape index (κ2) is 6.29. The molecule has 20 heavy (non-hydrogen) atoms. The van der Waals surface area contributed by atoms with Gasteiger partial charge in [-0.1, -0.05) is 0 Å². The molecule has 0 radical (unpaired) electrons. The number of aromatic nitrogens is 3. The van der Waals surface area contributed by atoms with Crippen molar-refractivity contribution in [1.29, 1.82) is 0 Å². The van der Waals surface area contributed by atoms with Crippen molar-refractivity contribution in [1.82, 2.24) is 14.8 Å². The molecule has 1 amide bonds. The summed E-state index contributed by atoms with van der Waals surface area (Å²) in [7, 11) is 1.74. The van der Waals surface area contributed by atoms with E-state index in [0.717, 1.165) is 5.69 Å². The van der Waals surface area contributed by atoms with Gasteiger partial charge in [0, 0.05) is 25.0 Å². The number of aryl methyl sites for hydroxylation is 2. The van der Waals surface area contributed by atoms with E-state index in [-0.39, 0.29) is 12.3 Å². The summed E-state index contributed by atoms with van der Waals surface area (Å²) in [5.74, 6) is -1.07. The van der Waals surface area contributed by atoms with Crippen molar-refractivity contribution in [3.63, 3.8) is 0 Å². The van der Waals surface area contributed by atoms with Crippen LogP contribution in [-0.4, -0.2) is 31.7 Å². The monoisotopic (exact) mass is 294 g/mol. The Kier molecular flexibility index (Phi) is 4.46. The van der Waals surface area contributed by atoms with Gasteiger partial charge in [0.05, 0.1) is 17.5 Å². The quantitative estimate of drug-likeness (QED) is 0.842. The summed E-state index contributed by atoms with van der Waals surface area (Å²) in [6.45, 7) is 0. The normalized spacial score (nSPS) is 10.4. The van der Waals surface area contributed by atoms with E-state index < -0.39 is 5.97 Å². The summed E-state index contributed by atoms with van der Waals surface area (Å²) in [6, 6.07) is 0. The Morgan fingerprint density at radius 3 is 2.95 bits per heavy atom. The molecule has 0 fully saturated rings. The highest BCUT2D eigenvalue weighted by Crippen LogP contribution is 2.17. The lowest BCUT2D eigenvalue weighted by Gasteiger charge is -1.98. The predicted octanol–water partition coefficient (Wildman–Crippen LogP) is 1.54. The summed E-state index contributed by atoms with van der Waals surface area (Å²) in [5.41, 5.74) is 1.26. The Bertz CT molecular complexity index is 620. The standard InChI is InChI=1S/C12H14N4O3S/c1-16-6-8(5-13-16)11(19)15-12-14-9(7-20-12)3-2-4-10(17)18/h5-7H,2-4H2,1H3,(H,17,18)(H,14,15,19). The lowest BCUT2D eigenvalue weighted by Crippen LogP contribution is -2.10. The maximum absolute atomic E-state index is 11.9. The van der Waals surface area contributed by atoms with E-state index >= 15 is 0 Å². The first kappa shape index (κ1) is 14.2. The number of hydrogen-bond acceptors (Lipinski definition) is 5. The Hall–Kier alpha value is -2.22. The SMILES string of the molecule is Cn1cc(C(=O)Nc2nc(CCCC(=O)O)cs2)cn1. The minimum absolute atomic E-state index is 0.120. The molecule has 0 aliphatic heterocycles. The van der Waals surface area contributed by atoms with E-state index in [2.05, 4.69) is 15.4 Å². The van der Waals surface area contributed by atoms with Gasteiger partial charge in [0.1, 0.15) is 0 Å². The molecule has 2 rings (SSSR count). The number of carboxylic acid groups (broad SMARTS) is 1. The molecule has 0 saturated carbocycles. The van der Waals surface area contributed by atoms with Crippen molar-refractivity contribution in [2.45, 2.75) is 19.3 Å². The maximum atomic E-state index is 11.9. The van der Waals surface area contributed by atoms with E-state index in [1.54, 1.807) is 17.9 Å². The van der Waals surface area contributed by atoms with Gasteiger partial charge < -0.3 is 5.11 Å². The van der Waals surface area contributed by atoms with Crippen molar-refractivity contribution >= 4 is 28.3 Å². The van der Waals surface area contributed by atoms with Gasteiger partial charge in [-0.05, 0) is 12.8 Å². The summed E-state index contributed by atoms with van der Waals surface area (Å²) in [6.07, 6.45) is 4.35. The van der Waals surface area contributed by atoms with Crippen molar-refractivity contribution < 1.29 is 14.7 Å². The number of thiazole rings is 1. The molecule has 2 aromatic heterocycles. The Labute approximate surface area is 119 Å². The molecule has 0 unspecified atom stereocenters. The van der Waals surface area contributed by atoms with Gasteiger partial charge in [0.15, 0.2) is 5.13 Å². The van der Waals surface area contributed by atoms with E-state index in [9.17, 15) is 9.59 Å². The first-order chi connectivity index (χ1) is 9.54. The molecule has 106 valence electrons. The molecular formula is C12H14N4O3S. The van der Waals surface area contributed by atoms with Crippen LogP contribution in [0.25, 0.3) is 0 Å². The number of aliphatic carboxylic acids is 1. The van der Waals surface area contributed by atoms with Crippen molar-refractivity contribution in [3.05, 3.63) is 29.0 Å². The number of carbonyl (C=O) groups is 2. The largest absolute Gasteiger partial charge is 0.481 e. The maximum Gasteiger partial charge on any atom is 0.303 e. The van der Waals surface area contributed by atoms with Crippen LogP contribution in [0.3, 0.4) is 0 Å². The number of carbonyl (C=O) groups excluding carboxylic acids is 1. The lowest BCUT2D eigenvalue weighted by molar-refractivity contribution is -0.137. The highest BCUT2D eigenvalue weighted by atomic mass is 32.1. The molecule has 2 aromatic rings. The van der Waals surface area contributed by atoms with Crippen LogP contribution in [0.2, 0.25) is 0 Å². The van der Waals surface area contributed by atoms with Crippen molar-refractivity contribution in [2.24, 2.45) is 7.05 Å². The third-order valence-electron chi connectivity index (χ3n) is 2.56. The molecule has 2 N–H and O–H groups in total. The van der Waals surface area contributed by atoms with Gasteiger partial charge in [-0.3, -0.25) is 19.6 Å². The van der Waals surface area contributed by atoms with Crippen LogP contribution in [0, 0.1) is 0 Å². The number of anilines is 1. The van der Waals surface area contributed by atoms with Gasteiger partial charge in [0.2, 0.25) is 0 Å². The van der Waals surface area contributed by atoms with Crippen molar-refractivity contribution in [3.8, 4) is 0 Å². The summed E-state index contributed by atoms with van der Waals surface area (Å²) in [5, 5.41) is 17.5. The Balaban J connectivity index is 1.89. The molecule has 7 nitrogen and oxygen atoms in total. The fourth-order valence-corrected chi connectivity index (χ4v) is 2.35. The van der Waals surface area contributed by atoms with E-state index in [1.807, 2.05) is 5.38 Å². The average Bonchev–Trinajstić information content (AvgIpc) is 2.98. The van der Waals surface area contributed by atoms with Crippen LogP contribution in [-0.2, 0) is 18.3 Å². The number of hydrogen-bond donors (Lipinski definition) is 2. The minimum atomic E-state index is -0.815. The minimum Gasteiger partial charge on any atom is -0.481 e. The van der Waals surface area contributed by atoms with Gasteiger partial charge in [-0.2, -0.15) is 5.10 Å². The van der Waals surface area contributed by atoms with Crippen LogP contribution in [0.15, 0.2) is 17.8 Å². The Morgan fingerprint density at radius 1 is 1.50 bits per heavy atom. The number of rotatable bonds is 6. The molecule has 0 saturated heterocycles. The third kappa shape index (κ3) is 3.89. The van der Waals surface area contributed by atoms with Crippen LogP contribution in [0.4, 0.5) is 5.13 Å². The molecule has 2 heterocycles. The number of amides is 1. The second-order valence-corrected chi connectivity index (χ2v) is 5.11. The molecule has 0 bridgehead atoms. The van der Waals surface area contributed by atoms with Gasteiger partial charge in [-0.25, -0.2) is 4.98 Å². The number of nitrogens with zero attached hydrogens (tertiary/aromatic N) is 3. The molecule has 0 atom stereocenters. The highest BCUT2D eigenvalue weighted by molar-refractivity contribution is 7.13. The predicted molar refractivity (Wildman–Crippen MR) is 73.8 cm³/mol.